The molecule has 1 aliphatic rings. The molecule has 0 aliphatic heterocycles. The lowest BCUT2D eigenvalue weighted by atomic mass is 10.0. The Labute approximate surface area is 140 Å². The number of carboxylic acid groups (broad SMARTS) is 1. The van der Waals surface area contributed by atoms with Crippen LogP contribution in [0.1, 0.15) is 28.7 Å². The molecular weight excluding hydrogens is 302 g/mol. The zero-order valence-electron chi connectivity index (χ0n) is 13.3. The first kappa shape index (κ1) is 16.0. The van der Waals surface area contributed by atoms with Crippen molar-refractivity contribution in [2.24, 2.45) is 0 Å². The molecule has 24 heavy (non-hydrogen) atoms. The smallest absolute Gasteiger partial charge is 0.328 e. The molecule has 4 heteroatoms. The molecule has 0 aromatic heterocycles. The molecular formula is C20H19NO3. The van der Waals surface area contributed by atoms with Crippen LogP contribution in [0.4, 0.5) is 5.69 Å². The molecule has 0 saturated heterocycles. The van der Waals surface area contributed by atoms with Crippen LogP contribution in [0.25, 0.3) is 6.08 Å². The summed E-state index contributed by atoms with van der Waals surface area (Å²) in [5.74, 6) is -1.04. The lowest BCUT2D eigenvalue weighted by Gasteiger charge is -2.07. The summed E-state index contributed by atoms with van der Waals surface area (Å²) < 4.78 is 0. The van der Waals surface area contributed by atoms with Gasteiger partial charge in [-0.1, -0.05) is 30.3 Å². The third-order valence-electron chi connectivity index (χ3n) is 4.14. The third kappa shape index (κ3) is 4.10. The summed E-state index contributed by atoms with van der Waals surface area (Å²) in [6.07, 6.45) is 6.40. The minimum atomic E-state index is -0.985. The summed E-state index contributed by atoms with van der Waals surface area (Å²) in [7, 11) is 0. The fourth-order valence-electron chi connectivity index (χ4n) is 2.97. The average Bonchev–Trinajstić information content (AvgIpc) is 3.01. The quantitative estimate of drug-likeness (QED) is 0.829. The number of rotatable bonds is 5. The number of benzene rings is 2. The van der Waals surface area contributed by atoms with Gasteiger partial charge in [0.05, 0.1) is 6.42 Å². The summed E-state index contributed by atoms with van der Waals surface area (Å²) in [5, 5.41) is 11.5. The van der Waals surface area contributed by atoms with E-state index in [-0.39, 0.29) is 5.91 Å². The Kier molecular flexibility index (Phi) is 4.75. The highest BCUT2D eigenvalue weighted by Crippen LogP contribution is 2.23. The molecule has 0 radical (unpaired) electrons. The number of hydrogen-bond acceptors (Lipinski definition) is 2. The molecule has 0 saturated carbocycles. The van der Waals surface area contributed by atoms with Crippen molar-refractivity contribution in [1.82, 2.24) is 0 Å². The SMILES string of the molecule is O=C(O)/C=C/c1ccc(NC(=O)Cc2ccc3c(c2)CCC3)cc1. The van der Waals surface area contributed by atoms with Crippen molar-refractivity contribution in [3.63, 3.8) is 0 Å². The van der Waals surface area contributed by atoms with Gasteiger partial charge in [0.1, 0.15) is 0 Å². The van der Waals surface area contributed by atoms with E-state index >= 15 is 0 Å². The maximum absolute atomic E-state index is 12.2. The van der Waals surface area contributed by atoms with Crippen molar-refractivity contribution in [3.8, 4) is 0 Å². The van der Waals surface area contributed by atoms with Crippen LogP contribution in [0.15, 0.2) is 48.5 Å². The van der Waals surface area contributed by atoms with Crippen LogP contribution in [-0.4, -0.2) is 17.0 Å². The van der Waals surface area contributed by atoms with Gasteiger partial charge >= 0.3 is 5.97 Å². The largest absolute Gasteiger partial charge is 0.478 e. The van der Waals surface area contributed by atoms with E-state index in [0.717, 1.165) is 30.0 Å². The molecule has 0 unspecified atom stereocenters. The maximum Gasteiger partial charge on any atom is 0.328 e. The molecule has 0 heterocycles. The zero-order valence-corrected chi connectivity index (χ0v) is 13.3. The predicted molar refractivity (Wildman–Crippen MR) is 93.9 cm³/mol. The van der Waals surface area contributed by atoms with E-state index in [1.807, 2.05) is 6.07 Å². The van der Waals surface area contributed by atoms with Crippen molar-refractivity contribution in [2.75, 3.05) is 5.32 Å². The second-order valence-electron chi connectivity index (χ2n) is 5.98. The number of anilines is 1. The van der Waals surface area contributed by atoms with Crippen molar-refractivity contribution < 1.29 is 14.7 Å². The molecule has 0 fully saturated rings. The second kappa shape index (κ2) is 7.13. The van der Waals surface area contributed by atoms with Gasteiger partial charge in [-0.05, 0) is 59.7 Å². The van der Waals surface area contributed by atoms with Gasteiger partial charge in [-0.2, -0.15) is 0 Å². The zero-order chi connectivity index (χ0) is 16.9. The highest BCUT2D eigenvalue weighted by Gasteiger charge is 2.12. The molecule has 122 valence electrons. The summed E-state index contributed by atoms with van der Waals surface area (Å²) in [6, 6.07) is 13.4. The first-order valence-corrected chi connectivity index (χ1v) is 8.02. The maximum atomic E-state index is 12.2. The number of carboxylic acids is 1. The average molecular weight is 321 g/mol. The summed E-state index contributed by atoms with van der Waals surface area (Å²) in [4.78, 5) is 22.7. The first-order valence-electron chi connectivity index (χ1n) is 8.02. The van der Waals surface area contributed by atoms with E-state index in [4.69, 9.17) is 5.11 Å². The highest BCUT2D eigenvalue weighted by atomic mass is 16.4. The molecule has 2 aromatic carbocycles. The fraction of sp³-hybridized carbons (Fsp3) is 0.200. The normalized spacial score (nSPS) is 13.0. The lowest BCUT2D eigenvalue weighted by molar-refractivity contribution is -0.131. The van der Waals surface area contributed by atoms with Crippen LogP contribution < -0.4 is 5.32 Å². The van der Waals surface area contributed by atoms with Gasteiger partial charge in [0.2, 0.25) is 5.91 Å². The van der Waals surface area contributed by atoms with Crippen LogP contribution in [-0.2, 0) is 28.9 Å². The van der Waals surface area contributed by atoms with E-state index in [1.165, 1.54) is 23.6 Å². The Hall–Kier alpha value is -2.88. The Morgan fingerprint density at radius 3 is 2.54 bits per heavy atom. The minimum absolute atomic E-state index is 0.0539. The number of nitrogens with one attached hydrogen (secondary N) is 1. The van der Waals surface area contributed by atoms with Crippen LogP contribution in [0.3, 0.4) is 0 Å². The van der Waals surface area contributed by atoms with E-state index in [0.29, 0.717) is 12.1 Å². The number of aryl methyl sites for hydroxylation is 2. The molecule has 1 aliphatic carbocycles. The molecule has 0 spiro atoms. The highest BCUT2D eigenvalue weighted by molar-refractivity contribution is 5.92. The molecule has 4 nitrogen and oxygen atoms in total. The lowest BCUT2D eigenvalue weighted by Crippen LogP contribution is -2.14. The number of hydrogen-bond donors (Lipinski definition) is 2. The second-order valence-corrected chi connectivity index (χ2v) is 5.98. The fourth-order valence-corrected chi connectivity index (χ4v) is 2.97. The van der Waals surface area contributed by atoms with Crippen molar-refractivity contribution in [3.05, 3.63) is 70.8 Å². The Morgan fingerprint density at radius 2 is 1.79 bits per heavy atom. The summed E-state index contributed by atoms with van der Waals surface area (Å²) >= 11 is 0. The topological polar surface area (TPSA) is 66.4 Å². The van der Waals surface area contributed by atoms with Crippen molar-refractivity contribution in [2.45, 2.75) is 25.7 Å². The number of aliphatic carboxylic acids is 1. The van der Waals surface area contributed by atoms with E-state index in [9.17, 15) is 9.59 Å². The monoisotopic (exact) mass is 321 g/mol. The summed E-state index contributed by atoms with van der Waals surface area (Å²) in [5.41, 5.74) is 5.29. The van der Waals surface area contributed by atoms with E-state index < -0.39 is 5.97 Å². The third-order valence-corrected chi connectivity index (χ3v) is 4.14. The van der Waals surface area contributed by atoms with Crippen LogP contribution in [0, 0.1) is 0 Å². The van der Waals surface area contributed by atoms with E-state index in [2.05, 4.69) is 17.4 Å². The number of fused-ring (bicyclic) bond motifs is 1. The van der Waals surface area contributed by atoms with Gasteiger partial charge in [0, 0.05) is 11.8 Å². The number of amides is 1. The molecule has 2 aromatic rings. The molecule has 3 rings (SSSR count). The van der Waals surface area contributed by atoms with Crippen molar-refractivity contribution >= 4 is 23.6 Å². The van der Waals surface area contributed by atoms with Gasteiger partial charge in [-0.3, -0.25) is 4.79 Å². The standard InChI is InChI=1S/C20H19NO3/c22-19(13-15-4-8-16-2-1-3-17(16)12-15)21-18-9-5-14(6-10-18)7-11-20(23)24/h4-12H,1-3,13H2,(H,21,22)(H,23,24)/b11-7+. The van der Waals surface area contributed by atoms with Gasteiger partial charge < -0.3 is 10.4 Å². The van der Waals surface area contributed by atoms with Gasteiger partial charge in [0.15, 0.2) is 0 Å². The van der Waals surface area contributed by atoms with Crippen LogP contribution >= 0.6 is 0 Å². The molecule has 2 N–H and O–H groups in total. The minimum Gasteiger partial charge on any atom is -0.478 e. The molecule has 0 atom stereocenters. The van der Waals surface area contributed by atoms with Gasteiger partial charge in [-0.15, -0.1) is 0 Å². The summed E-state index contributed by atoms with van der Waals surface area (Å²) in [6.45, 7) is 0. The van der Waals surface area contributed by atoms with Gasteiger partial charge in [0.25, 0.3) is 0 Å². The predicted octanol–water partition coefficient (Wildman–Crippen LogP) is 3.45. The van der Waals surface area contributed by atoms with Crippen molar-refractivity contribution in [1.29, 1.82) is 0 Å². The Bertz CT molecular complexity index is 791. The number of carbonyl (C=O) groups excluding carboxylic acids is 1. The first-order chi connectivity index (χ1) is 11.6. The Morgan fingerprint density at radius 1 is 1.04 bits per heavy atom. The van der Waals surface area contributed by atoms with Gasteiger partial charge in [-0.25, -0.2) is 4.79 Å². The van der Waals surface area contributed by atoms with Crippen LogP contribution in [0.5, 0.6) is 0 Å². The van der Waals surface area contributed by atoms with Crippen LogP contribution in [0.2, 0.25) is 0 Å². The Balaban J connectivity index is 1.59. The molecule has 0 bridgehead atoms. The van der Waals surface area contributed by atoms with E-state index in [1.54, 1.807) is 24.3 Å². The number of carbonyl (C=O) groups is 2. The molecule has 1 amide bonds.